The molecule has 5 aromatic rings. The van der Waals surface area contributed by atoms with E-state index in [1.807, 2.05) is 30.3 Å². The summed E-state index contributed by atoms with van der Waals surface area (Å²) >= 11 is 0. The second-order valence-electron chi connectivity index (χ2n) is 7.40. The minimum Gasteiger partial charge on any atom is -0.493 e. The Balaban J connectivity index is 0.000000527. The summed E-state index contributed by atoms with van der Waals surface area (Å²) in [5.41, 5.74) is 1.83. The van der Waals surface area contributed by atoms with Gasteiger partial charge in [-0.2, -0.15) is 5.10 Å². The standard InChI is InChI=1S/C19H12N8O3.C3H7NO/c28-19-16(13-8-12(27(29)30)6-7-15(13)23-19)24-25-17-14-9-22-26(18(14)21-10-20-17)11-4-2-1-3-5-11;1-4(2)3-5/h1-10,23,28H;3H,1-2H3. The topological polar surface area (TPSA) is 168 Å². The zero-order valence-corrected chi connectivity index (χ0v) is 18.6. The van der Waals surface area contributed by atoms with E-state index in [4.69, 9.17) is 0 Å². The summed E-state index contributed by atoms with van der Waals surface area (Å²) in [6.07, 6.45) is 3.67. The number of carbonyl (C=O) groups is 1. The minimum atomic E-state index is -0.518. The predicted molar refractivity (Wildman–Crippen MR) is 127 cm³/mol. The van der Waals surface area contributed by atoms with Crippen LogP contribution in [0.1, 0.15) is 0 Å². The molecular weight excluding hydrogens is 454 g/mol. The summed E-state index contributed by atoms with van der Waals surface area (Å²) in [6, 6.07) is 13.6. The molecule has 0 radical (unpaired) electrons. The summed E-state index contributed by atoms with van der Waals surface area (Å²) in [6.45, 7) is 0. The van der Waals surface area contributed by atoms with Gasteiger partial charge in [-0.3, -0.25) is 14.9 Å². The van der Waals surface area contributed by atoms with Crippen LogP contribution in [-0.4, -0.2) is 60.2 Å². The molecule has 0 aliphatic rings. The number of non-ortho nitro benzene ring substituents is 1. The van der Waals surface area contributed by atoms with Gasteiger partial charge in [0.15, 0.2) is 17.2 Å². The van der Waals surface area contributed by atoms with Gasteiger partial charge in [0, 0.05) is 31.6 Å². The van der Waals surface area contributed by atoms with Crippen LogP contribution in [0.25, 0.3) is 27.6 Å². The van der Waals surface area contributed by atoms with Crippen LogP contribution >= 0.6 is 0 Å². The van der Waals surface area contributed by atoms with E-state index in [0.717, 1.165) is 12.1 Å². The predicted octanol–water partition coefficient (Wildman–Crippen LogP) is 4.03. The van der Waals surface area contributed by atoms with Crippen molar-refractivity contribution in [1.29, 1.82) is 0 Å². The number of para-hydroxylation sites is 1. The van der Waals surface area contributed by atoms with Crippen LogP contribution < -0.4 is 0 Å². The molecule has 0 saturated heterocycles. The number of aromatic hydroxyl groups is 1. The normalized spacial score (nSPS) is 10.9. The highest BCUT2D eigenvalue weighted by molar-refractivity contribution is 5.95. The third kappa shape index (κ3) is 4.78. The second-order valence-corrected chi connectivity index (χ2v) is 7.40. The molecule has 0 saturated carbocycles. The average molecular weight is 473 g/mol. The number of aromatic nitrogens is 5. The number of H-pyrrole nitrogens is 1. The number of fused-ring (bicyclic) bond motifs is 2. The monoisotopic (exact) mass is 473 g/mol. The lowest BCUT2D eigenvalue weighted by Crippen LogP contribution is -2.06. The number of hydrogen-bond donors (Lipinski definition) is 2. The number of amides is 1. The highest BCUT2D eigenvalue weighted by Crippen LogP contribution is 2.38. The third-order valence-corrected chi connectivity index (χ3v) is 4.75. The van der Waals surface area contributed by atoms with Gasteiger partial charge < -0.3 is 15.0 Å². The number of rotatable bonds is 5. The average Bonchev–Trinajstić information content (AvgIpc) is 3.44. The number of hydrogen-bond acceptors (Lipinski definition) is 9. The van der Waals surface area contributed by atoms with E-state index in [9.17, 15) is 20.0 Å². The lowest BCUT2D eigenvalue weighted by Gasteiger charge is -2.01. The van der Waals surface area contributed by atoms with Crippen LogP contribution in [0.15, 0.2) is 71.3 Å². The Morgan fingerprint density at radius 3 is 2.54 bits per heavy atom. The number of benzene rings is 2. The molecule has 0 spiro atoms. The van der Waals surface area contributed by atoms with Crippen molar-refractivity contribution in [3.8, 4) is 11.6 Å². The van der Waals surface area contributed by atoms with Crippen LogP contribution in [0.4, 0.5) is 17.2 Å². The lowest BCUT2D eigenvalue weighted by atomic mass is 10.2. The van der Waals surface area contributed by atoms with Gasteiger partial charge in [0.1, 0.15) is 6.33 Å². The van der Waals surface area contributed by atoms with Gasteiger partial charge in [0.25, 0.3) is 5.69 Å². The number of nitro groups is 1. The molecule has 3 heterocycles. The molecule has 0 aliphatic heterocycles. The van der Waals surface area contributed by atoms with Gasteiger partial charge in [-0.15, -0.1) is 10.2 Å². The Kier molecular flexibility index (Phi) is 6.39. The third-order valence-electron chi connectivity index (χ3n) is 4.75. The molecule has 0 fully saturated rings. The highest BCUT2D eigenvalue weighted by atomic mass is 16.6. The Bertz CT molecular complexity index is 1540. The first-order chi connectivity index (χ1) is 16.9. The molecule has 5 rings (SSSR count). The molecule has 0 atom stereocenters. The molecule has 0 unspecified atom stereocenters. The van der Waals surface area contributed by atoms with E-state index in [0.29, 0.717) is 21.9 Å². The van der Waals surface area contributed by atoms with Gasteiger partial charge in [0.05, 0.1) is 27.7 Å². The summed E-state index contributed by atoms with van der Waals surface area (Å²) in [5.74, 6) is 0.000825. The second kappa shape index (κ2) is 9.74. The Morgan fingerprint density at radius 2 is 1.86 bits per heavy atom. The molecule has 35 heavy (non-hydrogen) atoms. The maximum absolute atomic E-state index is 11.1. The number of nitrogens with zero attached hydrogens (tertiary/aromatic N) is 8. The Morgan fingerprint density at radius 1 is 1.11 bits per heavy atom. The van der Waals surface area contributed by atoms with Crippen molar-refractivity contribution in [1.82, 2.24) is 29.6 Å². The van der Waals surface area contributed by atoms with Gasteiger partial charge in [0.2, 0.25) is 12.3 Å². The van der Waals surface area contributed by atoms with Gasteiger partial charge >= 0.3 is 0 Å². The molecular formula is C22H19N9O4. The van der Waals surface area contributed by atoms with Crippen molar-refractivity contribution in [3.05, 3.63) is 71.2 Å². The van der Waals surface area contributed by atoms with E-state index in [1.54, 1.807) is 25.0 Å². The smallest absolute Gasteiger partial charge is 0.270 e. The first-order valence-electron chi connectivity index (χ1n) is 10.2. The summed E-state index contributed by atoms with van der Waals surface area (Å²) in [7, 11) is 3.38. The van der Waals surface area contributed by atoms with Crippen LogP contribution in [-0.2, 0) is 4.79 Å². The van der Waals surface area contributed by atoms with Crippen LogP contribution in [0.3, 0.4) is 0 Å². The molecule has 176 valence electrons. The molecule has 0 aliphatic carbocycles. The van der Waals surface area contributed by atoms with E-state index in [2.05, 4.69) is 30.3 Å². The summed E-state index contributed by atoms with van der Waals surface area (Å²) in [4.78, 5) is 32.6. The van der Waals surface area contributed by atoms with Crippen LogP contribution in [0.5, 0.6) is 5.88 Å². The van der Waals surface area contributed by atoms with Crippen molar-refractivity contribution in [3.63, 3.8) is 0 Å². The van der Waals surface area contributed by atoms with Crippen molar-refractivity contribution in [2.75, 3.05) is 14.1 Å². The highest BCUT2D eigenvalue weighted by Gasteiger charge is 2.16. The van der Waals surface area contributed by atoms with E-state index in [-0.39, 0.29) is 23.1 Å². The summed E-state index contributed by atoms with van der Waals surface area (Å²) < 4.78 is 1.66. The largest absolute Gasteiger partial charge is 0.493 e. The van der Waals surface area contributed by atoms with Crippen molar-refractivity contribution in [2.45, 2.75) is 0 Å². The number of nitro benzene ring substituents is 1. The number of nitrogens with one attached hydrogen (secondary N) is 1. The Labute approximate surface area is 197 Å². The van der Waals surface area contributed by atoms with Crippen molar-refractivity contribution < 1.29 is 14.8 Å². The molecule has 13 heteroatoms. The van der Waals surface area contributed by atoms with E-state index in [1.165, 1.54) is 29.4 Å². The van der Waals surface area contributed by atoms with E-state index >= 15 is 0 Å². The van der Waals surface area contributed by atoms with Gasteiger partial charge in [-0.05, 0) is 18.2 Å². The molecule has 1 amide bonds. The summed E-state index contributed by atoms with van der Waals surface area (Å²) in [5, 5.41) is 34.8. The first-order valence-corrected chi connectivity index (χ1v) is 10.2. The lowest BCUT2D eigenvalue weighted by molar-refractivity contribution is -0.384. The number of carbonyl (C=O) groups excluding carboxylic acids is 1. The quantitative estimate of drug-likeness (QED) is 0.168. The molecule has 0 bridgehead atoms. The number of azo groups is 1. The maximum Gasteiger partial charge on any atom is 0.270 e. The molecule has 2 N–H and O–H groups in total. The maximum atomic E-state index is 11.1. The number of aromatic amines is 1. The van der Waals surface area contributed by atoms with Gasteiger partial charge in [-0.25, -0.2) is 14.6 Å². The first kappa shape index (κ1) is 23.0. The fourth-order valence-corrected chi connectivity index (χ4v) is 3.13. The van der Waals surface area contributed by atoms with Crippen LogP contribution in [0, 0.1) is 10.1 Å². The van der Waals surface area contributed by atoms with Crippen molar-refractivity contribution in [2.24, 2.45) is 10.2 Å². The van der Waals surface area contributed by atoms with E-state index < -0.39 is 4.92 Å². The minimum absolute atomic E-state index is 0.0795. The fraction of sp³-hybridized carbons (Fsp3) is 0.0909. The van der Waals surface area contributed by atoms with Crippen LogP contribution in [0.2, 0.25) is 0 Å². The fourth-order valence-electron chi connectivity index (χ4n) is 3.13. The molecule has 13 nitrogen and oxygen atoms in total. The zero-order valence-electron chi connectivity index (χ0n) is 18.6. The molecule has 2 aromatic carbocycles. The molecule has 3 aromatic heterocycles. The zero-order chi connectivity index (χ0) is 24.9. The van der Waals surface area contributed by atoms with Crippen molar-refractivity contribution >= 4 is 45.5 Å². The Hall–Kier alpha value is -5.20. The van der Waals surface area contributed by atoms with Gasteiger partial charge in [-0.1, -0.05) is 18.2 Å². The SMILES string of the molecule is CN(C)C=O.O=[N+]([O-])c1ccc2[nH]c(O)c(N=Nc3ncnc4c3cnn4-c3ccccc3)c2c1.